The minimum atomic E-state index is -1.25. The quantitative estimate of drug-likeness (QED) is 0.814. The SMILES string of the molecule is CC1C[C@H](CC(=O)[C@@H](O)[C@@H](N)Cc2ccccc2)C(=O)N(C(C)(C)C)C1. The van der Waals surface area contributed by atoms with E-state index < -0.39 is 12.1 Å². The van der Waals surface area contributed by atoms with E-state index in [4.69, 9.17) is 5.73 Å². The van der Waals surface area contributed by atoms with E-state index in [1.54, 1.807) is 0 Å². The van der Waals surface area contributed by atoms with Crippen molar-refractivity contribution in [3.8, 4) is 0 Å². The molecule has 5 nitrogen and oxygen atoms in total. The van der Waals surface area contributed by atoms with Crippen LogP contribution in [0.4, 0.5) is 0 Å². The van der Waals surface area contributed by atoms with Crippen molar-refractivity contribution in [3.63, 3.8) is 0 Å². The Hall–Kier alpha value is -1.72. The number of carbonyl (C=O) groups excluding carboxylic acids is 2. The summed E-state index contributed by atoms with van der Waals surface area (Å²) in [7, 11) is 0. The van der Waals surface area contributed by atoms with Crippen LogP contribution in [-0.2, 0) is 16.0 Å². The van der Waals surface area contributed by atoms with E-state index in [-0.39, 0.29) is 29.6 Å². The third-order valence-corrected chi connectivity index (χ3v) is 5.10. The van der Waals surface area contributed by atoms with Gasteiger partial charge >= 0.3 is 0 Å². The Morgan fingerprint density at radius 3 is 2.50 bits per heavy atom. The van der Waals surface area contributed by atoms with Gasteiger partial charge in [-0.1, -0.05) is 37.3 Å². The Balaban J connectivity index is 1.99. The molecule has 0 saturated carbocycles. The van der Waals surface area contributed by atoms with E-state index in [1.807, 2.05) is 56.0 Å². The molecule has 1 aromatic rings. The topological polar surface area (TPSA) is 83.6 Å². The highest BCUT2D eigenvalue weighted by molar-refractivity contribution is 5.90. The first-order chi connectivity index (χ1) is 12.1. The first-order valence-corrected chi connectivity index (χ1v) is 9.41. The number of rotatable bonds is 6. The van der Waals surface area contributed by atoms with Gasteiger partial charge in [-0.15, -0.1) is 0 Å². The maximum Gasteiger partial charge on any atom is 0.226 e. The minimum absolute atomic E-state index is 0.00720. The van der Waals surface area contributed by atoms with Crippen LogP contribution in [0.25, 0.3) is 0 Å². The lowest BCUT2D eigenvalue weighted by atomic mass is 9.82. The maximum atomic E-state index is 12.8. The van der Waals surface area contributed by atoms with Crippen molar-refractivity contribution in [2.45, 2.75) is 64.6 Å². The number of nitrogens with two attached hydrogens (primary N) is 1. The van der Waals surface area contributed by atoms with Crippen LogP contribution >= 0.6 is 0 Å². The van der Waals surface area contributed by atoms with Crippen molar-refractivity contribution in [1.82, 2.24) is 4.90 Å². The summed E-state index contributed by atoms with van der Waals surface area (Å²) < 4.78 is 0. The second kappa shape index (κ2) is 8.31. The normalized spacial score (nSPS) is 23.6. The molecule has 26 heavy (non-hydrogen) atoms. The van der Waals surface area contributed by atoms with Crippen LogP contribution in [0.3, 0.4) is 0 Å². The highest BCUT2D eigenvalue weighted by atomic mass is 16.3. The van der Waals surface area contributed by atoms with E-state index in [0.29, 0.717) is 25.3 Å². The van der Waals surface area contributed by atoms with Gasteiger partial charge in [0.1, 0.15) is 6.10 Å². The van der Waals surface area contributed by atoms with Gasteiger partial charge in [-0.2, -0.15) is 0 Å². The van der Waals surface area contributed by atoms with Gasteiger partial charge in [0.2, 0.25) is 5.91 Å². The number of piperidine rings is 1. The van der Waals surface area contributed by atoms with Crippen molar-refractivity contribution in [1.29, 1.82) is 0 Å². The van der Waals surface area contributed by atoms with Crippen molar-refractivity contribution >= 4 is 11.7 Å². The molecule has 0 aliphatic carbocycles. The van der Waals surface area contributed by atoms with E-state index in [0.717, 1.165) is 5.56 Å². The number of carbonyl (C=O) groups is 2. The zero-order valence-corrected chi connectivity index (χ0v) is 16.3. The van der Waals surface area contributed by atoms with Gasteiger partial charge in [-0.25, -0.2) is 0 Å². The molecule has 0 radical (unpaired) electrons. The zero-order chi connectivity index (χ0) is 19.5. The van der Waals surface area contributed by atoms with Crippen LogP contribution in [-0.4, -0.2) is 45.9 Å². The van der Waals surface area contributed by atoms with E-state index in [2.05, 4.69) is 6.92 Å². The highest BCUT2D eigenvalue weighted by Gasteiger charge is 2.39. The molecule has 0 aromatic heterocycles. The monoisotopic (exact) mass is 360 g/mol. The summed E-state index contributed by atoms with van der Waals surface area (Å²) in [5.74, 6) is -0.369. The van der Waals surface area contributed by atoms with Crippen LogP contribution in [0.15, 0.2) is 30.3 Å². The van der Waals surface area contributed by atoms with Gasteiger partial charge < -0.3 is 15.7 Å². The Kier molecular flexibility index (Phi) is 6.58. The minimum Gasteiger partial charge on any atom is -0.384 e. The number of benzene rings is 1. The molecule has 1 aromatic carbocycles. The van der Waals surface area contributed by atoms with Crippen molar-refractivity contribution in [2.24, 2.45) is 17.6 Å². The molecule has 1 aliphatic heterocycles. The molecule has 5 heteroatoms. The predicted octanol–water partition coefficient (Wildman–Crippen LogP) is 2.16. The molecule has 3 N–H and O–H groups in total. The second-order valence-electron chi connectivity index (χ2n) is 8.63. The molecule has 1 amide bonds. The number of ketones is 1. The van der Waals surface area contributed by atoms with Crippen LogP contribution < -0.4 is 5.73 Å². The Morgan fingerprint density at radius 2 is 1.92 bits per heavy atom. The number of Topliss-reactive ketones (excluding diaryl/α,β-unsaturated/α-hetero) is 1. The standard InChI is InChI=1S/C21H32N2O3/c1-14-10-16(20(26)23(13-14)21(2,3)4)12-18(24)19(25)17(22)11-15-8-6-5-7-9-15/h5-9,14,16-17,19,25H,10-13,22H2,1-4H3/t14?,16-,17+,19+/m1/s1. The van der Waals surface area contributed by atoms with Crippen LogP contribution in [0.5, 0.6) is 0 Å². The summed E-state index contributed by atoms with van der Waals surface area (Å²) in [4.78, 5) is 27.2. The van der Waals surface area contributed by atoms with E-state index in [9.17, 15) is 14.7 Å². The smallest absolute Gasteiger partial charge is 0.226 e. The van der Waals surface area contributed by atoms with Gasteiger partial charge in [0.05, 0.1) is 0 Å². The summed E-state index contributed by atoms with van der Waals surface area (Å²) in [5.41, 5.74) is 6.76. The molecular weight excluding hydrogens is 328 g/mol. The van der Waals surface area contributed by atoms with Gasteiger partial charge in [-0.05, 0) is 45.1 Å². The molecule has 0 spiro atoms. The summed E-state index contributed by atoms with van der Waals surface area (Å²) in [6.07, 6.45) is -0.0861. The molecule has 2 rings (SSSR count). The third-order valence-electron chi connectivity index (χ3n) is 5.10. The second-order valence-corrected chi connectivity index (χ2v) is 8.63. The highest BCUT2D eigenvalue weighted by Crippen LogP contribution is 2.30. The lowest BCUT2D eigenvalue weighted by Crippen LogP contribution is -2.54. The lowest BCUT2D eigenvalue weighted by molar-refractivity contribution is -0.149. The van der Waals surface area contributed by atoms with Crippen molar-refractivity contribution in [3.05, 3.63) is 35.9 Å². The molecule has 1 aliphatic rings. The fourth-order valence-electron chi connectivity index (χ4n) is 3.66. The Morgan fingerprint density at radius 1 is 1.31 bits per heavy atom. The van der Waals surface area contributed by atoms with E-state index >= 15 is 0 Å². The molecule has 1 heterocycles. The average molecular weight is 360 g/mol. The number of hydrogen-bond donors (Lipinski definition) is 2. The molecule has 4 atom stereocenters. The van der Waals surface area contributed by atoms with Crippen LogP contribution in [0.2, 0.25) is 0 Å². The van der Waals surface area contributed by atoms with Gasteiger partial charge in [0.15, 0.2) is 5.78 Å². The Bertz CT molecular complexity index is 624. The predicted molar refractivity (Wildman–Crippen MR) is 102 cm³/mol. The molecule has 0 bridgehead atoms. The number of aliphatic hydroxyl groups excluding tert-OH is 1. The Labute approximate surface area is 156 Å². The molecule has 144 valence electrons. The number of amides is 1. The zero-order valence-electron chi connectivity index (χ0n) is 16.3. The number of likely N-dealkylation sites (tertiary alicyclic amines) is 1. The largest absolute Gasteiger partial charge is 0.384 e. The van der Waals surface area contributed by atoms with Crippen molar-refractivity contribution < 1.29 is 14.7 Å². The number of hydrogen-bond acceptors (Lipinski definition) is 4. The number of nitrogens with zero attached hydrogens (tertiary/aromatic N) is 1. The van der Waals surface area contributed by atoms with Crippen molar-refractivity contribution in [2.75, 3.05) is 6.54 Å². The maximum absolute atomic E-state index is 12.8. The van der Waals surface area contributed by atoms with Gasteiger partial charge in [0, 0.05) is 30.5 Å². The lowest BCUT2D eigenvalue weighted by Gasteiger charge is -2.44. The van der Waals surface area contributed by atoms with Gasteiger partial charge in [0.25, 0.3) is 0 Å². The third kappa shape index (κ3) is 5.15. The number of aliphatic hydroxyl groups is 1. The fraction of sp³-hybridized carbons (Fsp3) is 0.619. The first kappa shape index (κ1) is 20.6. The molecular formula is C21H32N2O3. The molecule has 1 unspecified atom stereocenters. The summed E-state index contributed by atoms with van der Waals surface area (Å²) in [6.45, 7) is 8.83. The fourth-order valence-corrected chi connectivity index (χ4v) is 3.66. The molecule has 1 fully saturated rings. The van der Waals surface area contributed by atoms with E-state index in [1.165, 1.54) is 0 Å². The van der Waals surface area contributed by atoms with Crippen LogP contribution in [0.1, 0.15) is 46.1 Å². The summed E-state index contributed by atoms with van der Waals surface area (Å²) in [6, 6.07) is 8.89. The summed E-state index contributed by atoms with van der Waals surface area (Å²) in [5, 5.41) is 10.4. The average Bonchev–Trinajstić information content (AvgIpc) is 2.56. The van der Waals surface area contributed by atoms with Crippen LogP contribution in [0, 0.1) is 11.8 Å². The summed E-state index contributed by atoms with van der Waals surface area (Å²) >= 11 is 0. The molecule has 1 saturated heterocycles. The van der Waals surface area contributed by atoms with Gasteiger partial charge in [-0.3, -0.25) is 9.59 Å². The first-order valence-electron chi connectivity index (χ1n) is 9.41.